The second-order valence-corrected chi connectivity index (χ2v) is 9.78. The number of benzene rings is 4. The summed E-state index contributed by atoms with van der Waals surface area (Å²) >= 11 is 0. The molecule has 206 valence electrons. The predicted octanol–water partition coefficient (Wildman–Crippen LogP) is 4.20. The highest BCUT2D eigenvalue weighted by Crippen LogP contribution is 2.37. The van der Waals surface area contributed by atoms with Crippen LogP contribution in [0.15, 0.2) is 97.1 Å². The van der Waals surface area contributed by atoms with Crippen molar-refractivity contribution in [3.05, 3.63) is 130 Å². The zero-order chi connectivity index (χ0) is 29.7. The van der Waals surface area contributed by atoms with Gasteiger partial charge in [0.05, 0.1) is 22.3 Å². The first-order valence-corrected chi connectivity index (χ1v) is 12.8. The number of amides is 4. The molecule has 42 heavy (non-hydrogen) atoms. The number of carboxylic acid groups (broad SMARTS) is 2. The van der Waals surface area contributed by atoms with E-state index in [9.17, 15) is 39.0 Å². The summed E-state index contributed by atoms with van der Waals surface area (Å²) in [7, 11) is 0. The first-order valence-electron chi connectivity index (χ1n) is 12.8. The van der Waals surface area contributed by atoms with E-state index in [0.29, 0.717) is 20.9 Å². The van der Waals surface area contributed by atoms with Gasteiger partial charge in [0, 0.05) is 0 Å². The summed E-state index contributed by atoms with van der Waals surface area (Å²) < 4.78 is 0. The largest absolute Gasteiger partial charge is 0.479 e. The van der Waals surface area contributed by atoms with E-state index in [0.717, 1.165) is 0 Å². The normalized spacial score (nSPS) is 15.4. The van der Waals surface area contributed by atoms with Crippen LogP contribution in [0.2, 0.25) is 0 Å². The predicted molar refractivity (Wildman–Crippen MR) is 147 cm³/mol. The molecule has 0 radical (unpaired) electrons. The minimum Gasteiger partial charge on any atom is -0.479 e. The Kier molecular flexibility index (Phi) is 6.23. The highest BCUT2D eigenvalue weighted by atomic mass is 16.4. The van der Waals surface area contributed by atoms with Gasteiger partial charge in [-0.15, -0.1) is 0 Å². The molecule has 0 saturated carbocycles. The fraction of sp³-hybridized carbons (Fsp3) is 0.0625. The van der Waals surface area contributed by atoms with Crippen molar-refractivity contribution in [3.8, 4) is 11.1 Å². The van der Waals surface area contributed by atoms with Gasteiger partial charge in [-0.1, -0.05) is 72.8 Å². The summed E-state index contributed by atoms with van der Waals surface area (Å²) in [6.07, 6.45) is 0. The lowest BCUT2D eigenvalue weighted by molar-refractivity contribution is -0.142. The molecular formula is C32H20N2O8. The van der Waals surface area contributed by atoms with E-state index in [1.807, 2.05) is 0 Å². The highest BCUT2D eigenvalue weighted by molar-refractivity contribution is 6.24. The molecule has 0 aliphatic carbocycles. The monoisotopic (exact) mass is 560 g/mol. The second-order valence-electron chi connectivity index (χ2n) is 9.78. The molecule has 0 fully saturated rings. The Bertz CT molecular complexity index is 1700. The third-order valence-electron chi connectivity index (χ3n) is 7.38. The number of carbonyl (C=O) groups excluding carboxylic acids is 4. The van der Waals surface area contributed by atoms with Crippen LogP contribution in [0.1, 0.15) is 64.6 Å². The summed E-state index contributed by atoms with van der Waals surface area (Å²) in [6.45, 7) is 0. The summed E-state index contributed by atoms with van der Waals surface area (Å²) in [5.41, 5.74) is 1.47. The first-order chi connectivity index (χ1) is 20.2. The Balaban J connectivity index is 1.35. The van der Waals surface area contributed by atoms with Crippen LogP contribution in [0.25, 0.3) is 11.1 Å². The molecular weight excluding hydrogens is 540 g/mol. The smallest absolute Gasteiger partial charge is 0.331 e. The van der Waals surface area contributed by atoms with Gasteiger partial charge in [0.2, 0.25) is 0 Å². The molecule has 4 aromatic carbocycles. The molecule has 2 heterocycles. The maximum atomic E-state index is 13.4. The van der Waals surface area contributed by atoms with Gasteiger partial charge in [0.1, 0.15) is 0 Å². The van der Waals surface area contributed by atoms with E-state index in [1.165, 1.54) is 48.5 Å². The Morgan fingerprint density at radius 3 is 1.14 bits per heavy atom. The average molecular weight is 561 g/mol. The SMILES string of the molecule is O=C(O)[C@H](c1ccccc1)N1C(=O)c2ccc(-c3ccc4c(c3)C(=O)N([C@H](C(=O)O)c3ccccc3)C4=O)cc2C1=O. The van der Waals surface area contributed by atoms with Crippen LogP contribution >= 0.6 is 0 Å². The van der Waals surface area contributed by atoms with Gasteiger partial charge in [-0.05, 0) is 46.5 Å². The van der Waals surface area contributed by atoms with E-state index in [1.54, 1.807) is 48.5 Å². The lowest BCUT2D eigenvalue weighted by Gasteiger charge is -2.22. The third kappa shape index (κ3) is 4.05. The van der Waals surface area contributed by atoms with Crippen LogP contribution in [0.4, 0.5) is 0 Å². The number of carbonyl (C=O) groups is 6. The van der Waals surface area contributed by atoms with Crippen LogP contribution in [-0.2, 0) is 9.59 Å². The molecule has 0 saturated heterocycles. The Morgan fingerprint density at radius 1 is 0.476 bits per heavy atom. The molecule has 4 aromatic rings. The maximum absolute atomic E-state index is 13.4. The van der Waals surface area contributed by atoms with Crippen molar-refractivity contribution in [1.82, 2.24) is 9.80 Å². The molecule has 2 aliphatic rings. The van der Waals surface area contributed by atoms with Crippen molar-refractivity contribution in [2.24, 2.45) is 0 Å². The van der Waals surface area contributed by atoms with Crippen molar-refractivity contribution >= 4 is 35.6 Å². The van der Waals surface area contributed by atoms with Gasteiger partial charge >= 0.3 is 11.9 Å². The topological polar surface area (TPSA) is 149 Å². The zero-order valence-corrected chi connectivity index (χ0v) is 21.6. The second kappa shape index (κ2) is 9.93. The number of hydrogen-bond acceptors (Lipinski definition) is 6. The Hall–Kier alpha value is -5.90. The Labute approximate surface area is 238 Å². The van der Waals surface area contributed by atoms with E-state index < -0.39 is 47.7 Å². The van der Waals surface area contributed by atoms with Crippen molar-refractivity contribution in [2.45, 2.75) is 12.1 Å². The van der Waals surface area contributed by atoms with Crippen molar-refractivity contribution in [2.75, 3.05) is 0 Å². The van der Waals surface area contributed by atoms with Gasteiger partial charge in [0.25, 0.3) is 23.6 Å². The third-order valence-corrected chi connectivity index (χ3v) is 7.38. The van der Waals surface area contributed by atoms with Crippen molar-refractivity contribution < 1.29 is 39.0 Å². The van der Waals surface area contributed by atoms with Gasteiger partial charge < -0.3 is 10.2 Å². The van der Waals surface area contributed by atoms with Crippen LogP contribution in [0.3, 0.4) is 0 Å². The van der Waals surface area contributed by atoms with Gasteiger partial charge in [-0.25, -0.2) is 9.59 Å². The molecule has 2 aliphatic heterocycles. The van der Waals surface area contributed by atoms with E-state index in [-0.39, 0.29) is 33.4 Å². The molecule has 10 nitrogen and oxygen atoms in total. The van der Waals surface area contributed by atoms with Crippen molar-refractivity contribution in [3.63, 3.8) is 0 Å². The first kappa shape index (κ1) is 26.3. The summed E-state index contributed by atoms with van der Waals surface area (Å²) in [4.78, 5) is 78.9. The molecule has 4 amide bonds. The average Bonchev–Trinajstić information content (AvgIpc) is 3.38. The molecule has 0 unspecified atom stereocenters. The van der Waals surface area contributed by atoms with E-state index >= 15 is 0 Å². The quantitative estimate of drug-likeness (QED) is 0.320. The number of aliphatic carboxylic acids is 2. The summed E-state index contributed by atoms with van der Waals surface area (Å²) in [5.74, 6) is -5.78. The molecule has 2 N–H and O–H groups in total. The van der Waals surface area contributed by atoms with Crippen molar-refractivity contribution in [1.29, 1.82) is 0 Å². The van der Waals surface area contributed by atoms with Gasteiger partial charge in [0.15, 0.2) is 12.1 Å². The molecule has 10 heteroatoms. The summed E-state index contributed by atoms with van der Waals surface area (Å²) in [6, 6.07) is 21.7. The summed E-state index contributed by atoms with van der Waals surface area (Å²) in [5, 5.41) is 19.8. The maximum Gasteiger partial charge on any atom is 0.331 e. The van der Waals surface area contributed by atoms with E-state index in [2.05, 4.69) is 0 Å². The van der Waals surface area contributed by atoms with Gasteiger partial charge in [-0.3, -0.25) is 29.0 Å². The standard InChI is InChI=1S/C32H20N2O8/c35-27-21-13-11-19(15-23(21)29(37)33(27)25(31(39)40)17-7-3-1-4-8-17)20-12-14-22-24(16-20)30(38)34(28(22)36)26(32(41)42)18-9-5-2-6-10-18/h1-16,25-26H,(H,39,40)(H,41,42)/t25-,26-/m0/s1. The molecule has 0 bridgehead atoms. The van der Waals surface area contributed by atoms with E-state index in [4.69, 9.17) is 0 Å². The lowest BCUT2D eigenvalue weighted by atomic mass is 9.97. The van der Waals surface area contributed by atoms with Gasteiger partial charge in [-0.2, -0.15) is 0 Å². The minimum absolute atomic E-state index is 0.000715. The minimum atomic E-state index is -1.52. The number of carboxylic acids is 2. The number of hydrogen-bond donors (Lipinski definition) is 2. The zero-order valence-electron chi connectivity index (χ0n) is 21.6. The highest BCUT2D eigenvalue weighted by Gasteiger charge is 2.45. The van der Waals surface area contributed by atoms with Crippen LogP contribution < -0.4 is 0 Å². The lowest BCUT2D eigenvalue weighted by Crippen LogP contribution is -2.38. The number of nitrogens with zero attached hydrogens (tertiary/aromatic N) is 2. The number of rotatable bonds is 7. The number of fused-ring (bicyclic) bond motifs is 2. The molecule has 0 spiro atoms. The number of imide groups is 2. The Morgan fingerprint density at radius 2 is 0.810 bits per heavy atom. The molecule has 6 rings (SSSR count). The fourth-order valence-corrected chi connectivity index (χ4v) is 5.42. The van der Waals surface area contributed by atoms with Crippen LogP contribution in [0.5, 0.6) is 0 Å². The molecule has 2 atom stereocenters. The molecule has 0 aromatic heterocycles. The van der Waals surface area contributed by atoms with Crippen LogP contribution in [0, 0.1) is 0 Å². The fourth-order valence-electron chi connectivity index (χ4n) is 5.42. The van der Waals surface area contributed by atoms with Crippen LogP contribution in [-0.4, -0.2) is 55.6 Å².